The molecule has 134 valence electrons. The number of hydrogen-bond acceptors (Lipinski definition) is 6. The molecule has 1 aliphatic rings. The van der Waals surface area contributed by atoms with Crippen LogP contribution < -0.4 is 0 Å². The van der Waals surface area contributed by atoms with Crippen molar-refractivity contribution in [1.82, 2.24) is 24.8 Å². The lowest BCUT2D eigenvalue weighted by molar-refractivity contribution is 0.204. The number of aromatic nitrogens is 4. The molecule has 0 N–H and O–H groups in total. The molecule has 0 aliphatic carbocycles. The van der Waals surface area contributed by atoms with Crippen LogP contribution in [-0.2, 0) is 6.54 Å². The molecule has 1 saturated heterocycles. The molecule has 0 amide bonds. The maximum Gasteiger partial charge on any atom is 0.115 e. The second-order valence-corrected chi connectivity index (χ2v) is 8.26. The van der Waals surface area contributed by atoms with Crippen LogP contribution in [-0.4, -0.2) is 37.9 Å². The van der Waals surface area contributed by atoms with Crippen LogP contribution in [0.25, 0.3) is 11.1 Å². The molecule has 4 rings (SSSR count). The summed E-state index contributed by atoms with van der Waals surface area (Å²) >= 11 is 1.80. The average Bonchev–Trinajstić information content (AvgIpc) is 3.07. The molecule has 0 atom stereocenters. The van der Waals surface area contributed by atoms with Gasteiger partial charge in [-0.2, -0.15) is 0 Å². The Morgan fingerprint density at radius 2 is 1.81 bits per heavy atom. The zero-order valence-corrected chi connectivity index (χ0v) is 16.0. The van der Waals surface area contributed by atoms with Crippen LogP contribution in [0.4, 0.5) is 0 Å². The molecule has 3 aromatic heterocycles. The molecule has 1 aliphatic heterocycles. The molecule has 0 unspecified atom stereocenters. The van der Waals surface area contributed by atoms with E-state index < -0.39 is 0 Å². The summed E-state index contributed by atoms with van der Waals surface area (Å²) in [5.41, 5.74) is 4.48. The molecular formula is C20H23N5S. The second kappa shape index (κ2) is 7.60. The Bertz CT molecular complexity index is 869. The van der Waals surface area contributed by atoms with Crippen LogP contribution in [0.1, 0.15) is 40.0 Å². The second-order valence-electron chi connectivity index (χ2n) is 6.95. The Labute approximate surface area is 158 Å². The Balaban J connectivity index is 1.45. The van der Waals surface area contributed by atoms with Crippen LogP contribution in [0.5, 0.6) is 0 Å². The highest BCUT2D eigenvalue weighted by Gasteiger charge is 2.22. The standard InChI is InChI=1S/C20H23N5S/c1-14-7-17(18-9-21-13-22-10-18)8-20(24-14)16-3-5-25(6-4-16)12-19-11-23-15(2)26-19/h7-11,13,16H,3-6,12H2,1-2H3. The number of piperidine rings is 1. The van der Waals surface area contributed by atoms with Gasteiger partial charge in [-0.25, -0.2) is 15.0 Å². The fourth-order valence-corrected chi connectivity index (χ4v) is 4.44. The molecule has 26 heavy (non-hydrogen) atoms. The van der Waals surface area contributed by atoms with E-state index in [1.54, 1.807) is 17.7 Å². The van der Waals surface area contributed by atoms with E-state index in [4.69, 9.17) is 4.98 Å². The molecule has 0 saturated carbocycles. The van der Waals surface area contributed by atoms with Crippen molar-refractivity contribution in [3.63, 3.8) is 0 Å². The van der Waals surface area contributed by atoms with Gasteiger partial charge in [0, 0.05) is 52.9 Å². The molecule has 1 fully saturated rings. The van der Waals surface area contributed by atoms with Crippen molar-refractivity contribution >= 4 is 11.3 Å². The number of likely N-dealkylation sites (tertiary alicyclic amines) is 1. The minimum absolute atomic E-state index is 0.526. The smallest absolute Gasteiger partial charge is 0.115 e. The number of hydrogen-bond donors (Lipinski definition) is 0. The molecule has 5 nitrogen and oxygen atoms in total. The van der Waals surface area contributed by atoms with Gasteiger partial charge in [0.05, 0.1) is 5.01 Å². The molecule has 0 radical (unpaired) electrons. The van der Waals surface area contributed by atoms with Crippen LogP contribution in [0.3, 0.4) is 0 Å². The minimum Gasteiger partial charge on any atom is -0.298 e. The first kappa shape index (κ1) is 17.2. The molecular weight excluding hydrogens is 342 g/mol. The third kappa shape index (κ3) is 3.97. The van der Waals surface area contributed by atoms with Crippen LogP contribution in [0, 0.1) is 13.8 Å². The predicted molar refractivity (Wildman–Crippen MR) is 104 cm³/mol. The summed E-state index contributed by atoms with van der Waals surface area (Å²) in [5, 5.41) is 1.15. The van der Waals surface area contributed by atoms with E-state index in [0.717, 1.165) is 54.3 Å². The number of rotatable bonds is 4. The van der Waals surface area contributed by atoms with Gasteiger partial charge in [-0.3, -0.25) is 9.88 Å². The SMILES string of the molecule is Cc1cc(-c2cncnc2)cc(C2CCN(Cc3cnc(C)s3)CC2)n1. The van der Waals surface area contributed by atoms with Gasteiger partial charge in [-0.1, -0.05) is 0 Å². The fourth-order valence-electron chi connectivity index (χ4n) is 3.60. The predicted octanol–water partition coefficient (Wildman–Crippen LogP) is 3.99. The normalized spacial score (nSPS) is 16.1. The van der Waals surface area contributed by atoms with Crippen molar-refractivity contribution in [2.75, 3.05) is 13.1 Å². The van der Waals surface area contributed by atoms with E-state index >= 15 is 0 Å². The van der Waals surface area contributed by atoms with Gasteiger partial charge in [0.25, 0.3) is 0 Å². The van der Waals surface area contributed by atoms with Crippen molar-refractivity contribution in [2.45, 2.75) is 39.2 Å². The van der Waals surface area contributed by atoms with E-state index in [1.807, 2.05) is 18.6 Å². The zero-order chi connectivity index (χ0) is 17.9. The largest absolute Gasteiger partial charge is 0.298 e. The zero-order valence-electron chi connectivity index (χ0n) is 15.2. The van der Waals surface area contributed by atoms with Gasteiger partial charge < -0.3 is 0 Å². The quantitative estimate of drug-likeness (QED) is 0.700. The number of nitrogens with zero attached hydrogens (tertiary/aromatic N) is 5. The van der Waals surface area contributed by atoms with Crippen LogP contribution in [0.15, 0.2) is 37.1 Å². The van der Waals surface area contributed by atoms with Crippen molar-refractivity contribution < 1.29 is 0 Å². The lowest BCUT2D eigenvalue weighted by atomic mass is 9.91. The molecule has 0 spiro atoms. The van der Waals surface area contributed by atoms with E-state index in [-0.39, 0.29) is 0 Å². The van der Waals surface area contributed by atoms with Gasteiger partial charge in [0.2, 0.25) is 0 Å². The van der Waals surface area contributed by atoms with Crippen molar-refractivity contribution in [3.05, 3.63) is 58.3 Å². The summed E-state index contributed by atoms with van der Waals surface area (Å²) in [6.45, 7) is 7.38. The van der Waals surface area contributed by atoms with E-state index in [1.165, 1.54) is 10.6 Å². The lowest BCUT2D eigenvalue weighted by Gasteiger charge is -2.31. The number of thiazole rings is 1. The van der Waals surface area contributed by atoms with Gasteiger partial charge >= 0.3 is 0 Å². The topological polar surface area (TPSA) is 54.8 Å². The third-order valence-corrected chi connectivity index (χ3v) is 5.82. The first-order valence-corrected chi connectivity index (χ1v) is 9.86. The maximum absolute atomic E-state index is 4.83. The highest BCUT2D eigenvalue weighted by atomic mass is 32.1. The van der Waals surface area contributed by atoms with E-state index in [9.17, 15) is 0 Å². The third-order valence-electron chi connectivity index (χ3n) is 4.92. The van der Waals surface area contributed by atoms with Crippen molar-refractivity contribution in [2.24, 2.45) is 0 Å². The summed E-state index contributed by atoms with van der Waals surface area (Å²) in [5.74, 6) is 0.526. The summed E-state index contributed by atoms with van der Waals surface area (Å²) < 4.78 is 0. The molecule has 4 heterocycles. The maximum atomic E-state index is 4.83. The van der Waals surface area contributed by atoms with Crippen molar-refractivity contribution in [1.29, 1.82) is 0 Å². The molecule has 3 aromatic rings. The Kier molecular flexibility index (Phi) is 5.04. The molecule has 0 bridgehead atoms. The molecule has 6 heteroatoms. The van der Waals surface area contributed by atoms with Crippen LogP contribution in [0.2, 0.25) is 0 Å². The number of pyridine rings is 1. The fraction of sp³-hybridized carbons (Fsp3) is 0.400. The van der Waals surface area contributed by atoms with Gasteiger partial charge in [0.15, 0.2) is 0 Å². The Hall–Kier alpha value is -2.18. The highest BCUT2D eigenvalue weighted by molar-refractivity contribution is 7.11. The first-order chi connectivity index (χ1) is 12.7. The first-order valence-electron chi connectivity index (χ1n) is 9.05. The minimum atomic E-state index is 0.526. The Morgan fingerprint density at radius 1 is 1.04 bits per heavy atom. The summed E-state index contributed by atoms with van der Waals surface area (Å²) in [6.07, 6.45) is 9.62. The lowest BCUT2D eigenvalue weighted by Crippen LogP contribution is -2.32. The van der Waals surface area contributed by atoms with E-state index in [0.29, 0.717) is 5.92 Å². The summed E-state index contributed by atoms with van der Waals surface area (Å²) in [6, 6.07) is 4.34. The van der Waals surface area contributed by atoms with Crippen molar-refractivity contribution in [3.8, 4) is 11.1 Å². The highest BCUT2D eigenvalue weighted by Crippen LogP contribution is 2.31. The van der Waals surface area contributed by atoms with Crippen LogP contribution >= 0.6 is 11.3 Å². The average molecular weight is 366 g/mol. The number of aryl methyl sites for hydroxylation is 2. The Morgan fingerprint density at radius 3 is 2.50 bits per heavy atom. The summed E-state index contributed by atoms with van der Waals surface area (Å²) in [4.78, 5) is 21.4. The summed E-state index contributed by atoms with van der Waals surface area (Å²) in [7, 11) is 0. The molecule has 0 aromatic carbocycles. The van der Waals surface area contributed by atoms with Gasteiger partial charge in [-0.15, -0.1) is 11.3 Å². The van der Waals surface area contributed by atoms with Gasteiger partial charge in [-0.05, 0) is 57.5 Å². The van der Waals surface area contributed by atoms with Gasteiger partial charge in [0.1, 0.15) is 6.33 Å². The van der Waals surface area contributed by atoms with E-state index in [2.05, 4.69) is 45.8 Å². The monoisotopic (exact) mass is 365 g/mol.